The lowest BCUT2D eigenvalue weighted by atomic mass is 9.67. The Morgan fingerprint density at radius 1 is 0.872 bits per heavy atom. The summed E-state index contributed by atoms with van der Waals surface area (Å²) in [4.78, 5) is 30.5. The van der Waals surface area contributed by atoms with Gasteiger partial charge in [0.25, 0.3) is 0 Å². The number of ether oxygens (including phenoxy) is 3. The van der Waals surface area contributed by atoms with Crippen molar-refractivity contribution >= 4 is 11.6 Å². The van der Waals surface area contributed by atoms with Gasteiger partial charge in [0.15, 0.2) is 11.6 Å². The van der Waals surface area contributed by atoms with Crippen LogP contribution in [-0.4, -0.2) is 63.5 Å². The van der Waals surface area contributed by atoms with Gasteiger partial charge in [-0.1, -0.05) is 36.4 Å². The molecule has 3 atom stereocenters. The molecule has 6 nitrogen and oxygen atoms in total. The van der Waals surface area contributed by atoms with Gasteiger partial charge < -0.3 is 14.2 Å². The standard InChI is InChI=1S/C32H36FNO5/c1-20(37-3)17-34-18-27(31(35)22-9-6-11-24(15-22)38-4)30(26-13-8-14-29(33)21(26)2)28(19-34)32(36)23-10-7-12-25(16-23)39-5/h6-16,20,27-28,30H,17-19H2,1-5H3/t20-,27-,28-/m0/s1. The van der Waals surface area contributed by atoms with Gasteiger partial charge in [-0.3, -0.25) is 14.5 Å². The van der Waals surface area contributed by atoms with E-state index in [9.17, 15) is 14.0 Å². The summed E-state index contributed by atoms with van der Waals surface area (Å²) in [6.45, 7) is 5.04. The van der Waals surface area contributed by atoms with Crippen molar-refractivity contribution in [2.75, 3.05) is 41.0 Å². The Kier molecular flexibility index (Phi) is 9.15. The third kappa shape index (κ3) is 6.21. The summed E-state index contributed by atoms with van der Waals surface area (Å²) in [5.41, 5.74) is 2.12. The molecule has 0 spiro atoms. The quantitative estimate of drug-likeness (QED) is 0.317. The van der Waals surface area contributed by atoms with Gasteiger partial charge in [-0.25, -0.2) is 4.39 Å². The third-order valence-corrected chi connectivity index (χ3v) is 7.75. The Labute approximate surface area is 229 Å². The van der Waals surface area contributed by atoms with Crippen molar-refractivity contribution < 1.29 is 28.2 Å². The molecule has 206 valence electrons. The molecule has 3 aromatic carbocycles. The number of Topliss-reactive ketones (excluding diaryl/α,β-unsaturated/α-hetero) is 2. The van der Waals surface area contributed by atoms with Crippen LogP contribution in [0.2, 0.25) is 0 Å². The maximum Gasteiger partial charge on any atom is 0.167 e. The molecule has 0 radical (unpaired) electrons. The van der Waals surface area contributed by atoms with Crippen molar-refractivity contribution in [1.29, 1.82) is 0 Å². The predicted octanol–water partition coefficient (Wildman–Crippen LogP) is 5.58. The van der Waals surface area contributed by atoms with Gasteiger partial charge in [0.2, 0.25) is 0 Å². The molecule has 1 heterocycles. The fourth-order valence-electron chi connectivity index (χ4n) is 5.62. The molecule has 1 fully saturated rings. The Bertz CT molecular complexity index is 1260. The molecule has 0 N–H and O–H groups in total. The van der Waals surface area contributed by atoms with E-state index in [1.807, 2.05) is 13.0 Å². The smallest absolute Gasteiger partial charge is 0.167 e. The molecule has 4 rings (SSSR count). The topological polar surface area (TPSA) is 65.1 Å². The minimum absolute atomic E-state index is 0.0994. The largest absolute Gasteiger partial charge is 0.497 e. The maximum atomic E-state index is 14.9. The second-order valence-electron chi connectivity index (χ2n) is 10.2. The summed E-state index contributed by atoms with van der Waals surface area (Å²) >= 11 is 0. The van der Waals surface area contributed by atoms with Crippen molar-refractivity contribution in [1.82, 2.24) is 4.90 Å². The zero-order valence-corrected chi connectivity index (χ0v) is 23.1. The monoisotopic (exact) mass is 533 g/mol. The number of ketones is 2. The summed E-state index contributed by atoms with van der Waals surface area (Å²) in [5, 5.41) is 0. The average molecular weight is 534 g/mol. The molecular formula is C32H36FNO5. The fraction of sp³-hybridized carbons (Fsp3) is 0.375. The molecule has 7 heteroatoms. The molecule has 1 aliphatic heterocycles. The van der Waals surface area contributed by atoms with E-state index in [0.717, 1.165) is 0 Å². The number of carbonyl (C=O) groups excluding carboxylic acids is 2. The number of rotatable bonds is 10. The first kappa shape index (κ1) is 28.5. The van der Waals surface area contributed by atoms with Crippen molar-refractivity contribution in [3.63, 3.8) is 0 Å². The van der Waals surface area contributed by atoms with Gasteiger partial charge in [-0.15, -0.1) is 0 Å². The van der Waals surface area contributed by atoms with Gasteiger partial charge in [-0.2, -0.15) is 0 Å². The van der Waals surface area contributed by atoms with Crippen LogP contribution in [0, 0.1) is 24.6 Å². The summed E-state index contributed by atoms with van der Waals surface area (Å²) < 4.78 is 31.2. The Morgan fingerprint density at radius 2 is 1.38 bits per heavy atom. The van der Waals surface area contributed by atoms with E-state index in [2.05, 4.69) is 4.90 Å². The van der Waals surface area contributed by atoms with E-state index in [4.69, 9.17) is 14.2 Å². The lowest BCUT2D eigenvalue weighted by Gasteiger charge is -2.44. The van der Waals surface area contributed by atoms with Gasteiger partial charge in [0, 0.05) is 55.6 Å². The van der Waals surface area contributed by atoms with Crippen molar-refractivity contribution in [2.24, 2.45) is 11.8 Å². The highest BCUT2D eigenvalue weighted by Gasteiger charge is 2.45. The minimum Gasteiger partial charge on any atom is -0.497 e. The Morgan fingerprint density at radius 3 is 1.87 bits per heavy atom. The third-order valence-electron chi connectivity index (χ3n) is 7.75. The molecule has 1 aliphatic rings. The number of nitrogens with zero attached hydrogens (tertiary/aromatic N) is 1. The first-order chi connectivity index (χ1) is 18.8. The second kappa shape index (κ2) is 12.5. The molecule has 0 aromatic heterocycles. The first-order valence-electron chi connectivity index (χ1n) is 13.1. The van der Waals surface area contributed by atoms with Crippen LogP contribution < -0.4 is 9.47 Å². The lowest BCUT2D eigenvalue weighted by Crippen LogP contribution is -2.52. The highest BCUT2D eigenvalue weighted by molar-refractivity contribution is 6.02. The van der Waals surface area contributed by atoms with Crippen LogP contribution in [-0.2, 0) is 4.74 Å². The summed E-state index contributed by atoms with van der Waals surface area (Å²) in [7, 11) is 4.75. The highest BCUT2D eigenvalue weighted by atomic mass is 19.1. The summed E-state index contributed by atoms with van der Waals surface area (Å²) in [6, 6.07) is 19.0. The molecule has 0 saturated carbocycles. The second-order valence-corrected chi connectivity index (χ2v) is 10.2. The fourth-order valence-corrected chi connectivity index (χ4v) is 5.62. The molecule has 0 amide bonds. The number of hydrogen-bond donors (Lipinski definition) is 0. The summed E-state index contributed by atoms with van der Waals surface area (Å²) in [6.07, 6.45) is -0.0994. The number of hydrogen-bond acceptors (Lipinski definition) is 6. The number of benzene rings is 3. The first-order valence-corrected chi connectivity index (χ1v) is 13.1. The van der Waals surface area contributed by atoms with Crippen LogP contribution in [0.1, 0.15) is 44.7 Å². The molecule has 3 aromatic rings. The minimum atomic E-state index is -0.602. The molecule has 1 saturated heterocycles. The number of methoxy groups -OCH3 is 3. The van der Waals surface area contributed by atoms with E-state index in [1.54, 1.807) is 82.9 Å². The van der Waals surface area contributed by atoms with Crippen molar-refractivity contribution in [3.05, 3.63) is 94.8 Å². The van der Waals surface area contributed by atoms with Gasteiger partial charge in [-0.05, 0) is 55.3 Å². The summed E-state index contributed by atoms with van der Waals surface area (Å²) in [5.74, 6) is -1.17. The zero-order chi connectivity index (χ0) is 28.1. The van der Waals surface area contributed by atoms with Crippen molar-refractivity contribution in [2.45, 2.75) is 25.9 Å². The average Bonchev–Trinajstić information content (AvgIpc) is 2.97. The Hall–Kier alpha value is -3.55. The van der Waals surface area contributed by atoms with Gasteiger partial charge in [0.1, 0.15) is 17.3 Å². The molecule has 0 bridgehead atoms. The van der Waals surface area contributed by atoms with E-state index < -0.39 is 17.8 Å². The predicted molar refractivity (Wildman–Crippen MR) is 148 cm³/mol. The van der Waals surface area contributed by atoms with E-state index in [1.165, 1.54) is 6.07 Å². The van der Waals surface area contributed by atoms with Crippen LogP contribution in [0.25, 0.3) is 0 Å². The van der Waals surface area contributed by atoms with Crippen LogP contribution in [0.5, 0.6) is 11.5 Å². The van der Waals surface area contributed by atoms with Crippen LogP contribution in [0.3, 0.4) is 0 Å². The van der Waals surface area contributed by atoms with E-state index >= 15 is 0 Å². The lowest BCUT2D eigenvalue weighted by molar-refractivity contribution is 0.0315. The maximum absolute atomic E-state index is 14.9. The molecule has 39 heavy (non-hydrogen) atoms. The normalized spacial score (nSPS) is 18.9. The Balaban J connectivity index is 1.86. The number of piperidine rings is 1. The number of likely N-dealkylation sites (tertiary alicyclic amines) is 1. The molecule has 0 unspecified atom stereocenters. The van der Waals surface area contributed by atoms with Gasteiger partial charge in [0.05, 0.1) is 20.3 Å². The van der Waals surface area contributed by atoms with Crippen LogP contribution >= 0.6 is 0 Å². The number of carbonyl (C=O) groups is 2. The number of halogens is 1. The van der Waals surface area contributed by atoms with Crippen molar-refractivity contribution in [3.8, 4) is 11.5 Å². The van der Waals surface area contributed by atoms with Crippen LogP contribution in [0.15, 0.2) is 66.7 Å². The molecule has 0 aliphatic carbocycles. The SMILES string of the molecule is COc1cccc(C(=O)[C@H]2CN(C[C@H](C)OC)C[C@H](C(=O)c3cccc(OC)c3)C2c2cccc(F)c2C)c1. The zero-order valence-electron chi connectivity index (χ0n) is 23.1. The van der Waals surface area contributed by atoms with E-state index in [-0.39, 0.29) is 23.5 Å². The highest BCUT2D eigenvalue weighted by Crippen LogP contribution is 2.43. The van der Waals surface area contributed by atoms with E-state index in [0.29, 0.717) is 53.4 Å². The van der Waals surface area contributed by atoms with Crippen LogP contribution in [0.4, 0.5) is 4.39 Å². The molecular weight excluding hydrogens is 497 g/mol. The van der Waals surface area contributed by atoms with Gasteiger partial charge >= 0.3 is 0 Å².